The Balaban J connectivity index is 2.04. The van der Waals surface area contributed by atoms with E-state index in [9.17, 15) is 18.0 Å². The molecule has 0 unspecified atom stereocenters. The predicted octanol–water partition coefficient (Wildman–Crippen LogP) is 5.44. The minimum atomic E-state index is -4.11. The number of nitrogens with one attached hydrogen (secondary N) is 1. The van der Waals surface area contributed by atoms with E-state index in [-0.39, 0.29) is 23.4 Å². The van der Waals surface area contributed by atoms with Crippen molar-refractivity contribution in [3.8, 4) is 0 Å². The van der Waals surface area contributed by atoms with Gasteiger partial charge in [0.25, 0.3) is 10.0 Å². The maximum absolute atomic E-state index is 13.9. The van der Waals surface area contributed by atoms with Gasteiger partial charge in [-0.15, -0.1) is 0 Å². The van der Waals surface area contributed by atoms with Crippen LogP contribution in [0.25, 0.3) is 0 Å². The highest BCUT2D eigenvalue weighted by atomic mass is 35.5. The van der Waals surface area contributed by atoms with E-state index >= 15 is 0 Å². The zero-order valence-corrected chi connectivity index (χ0v) is 24.0. The number of hydrogen-bond acceptors (Lipinski definition) is 4. The van der Waals surface area contributed by atoms with Crippen LogP contribution in [0.2, 0.25) is 10.0 Å². The van der Waals surface area contributed by atoms with Gasteiger partial charge in [0.2, 0.25) is 11.8 Å². The van der Waals surface area contributed by atoms with E-state index in [1.807, 2.05) is 13.8 Å². The van der Waals surface area contributed by atoms with Crippen LogP contribution < -0.4 is 9.62 Å². The summed E-state index contributed by atoms with van der Waals surface area (Å²) >= 11 is 12.3. The summed E-state index contributed by atoms with van der Waals surface area (Å²) in [5.74, 6) is -0.910. The molecule has 1 atom stereocenters. The number of aryl methyl sites for hydroxylation is 1. The van der Waals surface area contributed by atoms with Crippen LogP contribution >= 0.6 is 23.2 Å². The standard InChI is InChI=1S/C28H31Cl2N3O4S/c1-19(2)31-28(35)21(4)32(17-22-14-15-24(29)25(30)16-22)27(34)18-33(26-13-9-8-10-20(26)3)38(36,37)23-11-6-5-7-12-23/h5-16,19,21H,17-18H2,1-4H3,(H,31,35)/t21-/m0/s1. The number of carbonyl (C=O) groups excluding carboxylic acids is 2. The Morgan fingerprint density at radius 3 is 2.13 bits per heavy atom. The molecule has 0 aliphatic carbocycles. The number of para-hydroxylation sites is 1. The largest absolute Gasteiger partial charge is 0.352 e. The number of rotatable bonds is 10. The topological polar surface area (TPSA) is 86.8 Å². The van der Waals surface area contributed by atoms with E-state index in [1.54, 1.807) is 74.5 Å². The van der Waals surface area contributed by atoms with Crippen LogP contribution in [0.4, 0.5) is 5.69 Å². The second kappa shape index (κ2) is 12.7. The quantitative estimate of drug-likeness (QED) is 0.348. The lowest BCUT2D eigenvalue weighted by Crippen LogP contribution is -2.52. The van der Waals surface area contributed by atoms with Crippen LogP contribution in [-0.2, 0) is 26.2 Å². The Kier molecular flexibility index (Phi) is 9.82. The van der Waals surface area contributed by atoms with Crippen molar-refractivity contribution in [2.75, 3.05) is 10.8 Å². The van der Waals surface area contributed by atoms with Crippen LogP contribution in [0.15, 0.2) is 77.7 Å². The third kappa shape index (κ3) is 7.07. The summed E-state index contributed by atoms with van der Waals surface area (Å²) in [6.07, 6.45) is 0. The number of amides is 2. The molecule has 1 N–H and O–H groups in total. The Hall–Kier alpha value is -3.07. The first-order valence-electron chi connectivity index (χ1n) is 12.1. The Morgan fingerprint density at radius 2 is 1.53 bits per heavy atom. The summed E-state index contributed by atoms with van der Waals surface area (Å²) in [7, 11) is -4.11. The van der Waals surface area contributed by atoms with E-state index in [1.165, 1.54) is 17.0 Å². The molecule has 0 aliphatic heterocycles. The fourth-order valence-electron chi connectivity index (χ4n) is 3.90. The molecule has 38 heavy (non-hydrogen) atoms. The molecule has 0 spiro atoms. The molecule has 0 heterocycles. The van der Waals surface area contributed by atoms with Crippen LogP contribution in [0.5, 0.6) is 0 Å². The fourth-order valence-corrected chi connectivity index (χ4v) is 5.72. The first kappa shape index (κ1) is 29.5. The van der Waals surface area contributed by atoms with E-state index in [4.69, 9.17) is 23.2 Å². The van der Waals surface area contributed by atoms with E-state index in [0.29, 0.717) is 26.9 Å². The van der Waals surface area contributed by atoms with Gasteiger partial charge in [-0.3, -0.25) is 13.9 Å². The minimum absolute atomic E-state index is 0.0232. The molecule has 0 radical (unpaired) electrons. The summed E-state index contributed by atoms with van der Waals surface area (Å²) in [4.78, 5) is 28.2. The highest BCUT2D eigenvalue weighted by molar-refractivity contribution is 7.92. The zero-order valence-electron chi connectivity index (χ0n) is 21.7. The minimum Gasteiger partial charge on any atom is -0.352 e. The molecule has 3 aromatic carbocycles. The number of hydrogen-bond donors (Lipinski definition) is 1. The van der Waals surface area contributed by atoms with Gasteiger partial charge < -0.3 is 10.2 Å². The number of carbonyl (C=O) groups is 2. The lowest BCUT2D eigenvalue weighted by molar-refractivity contribution is -0.139. The van der Waals surface area contributed by atoms with Gasteiger partial charge in [-0.1, -0.05) is 65.7 Å². The monoisotopic (exact) mass is 575 g/mol. The maximum atomic E-state index is 13.9. The highest BCUT2D eigenvalue weighted by Crippen LogP contribution is 2.28. The molecule has 0 aromatic heterocycles. The lowest BCUT2D eigenvalue weighted by atomic mass is 10.1. The number of halogens is 2. The summed E-state index contributed by atoms with van der Waals surface area (Å²) in [5.41, 5.74) is 1.70. The van der Waals surface area contributed by atoms with Gasteiger partial charge in [0.15, 0.2) is 0 Å². The lowest BCUT2D eigenvalue weighted by Gasteiger charge is -2.32. The van der Waals surface area contributed by atoms with Gasteiger partial charge in [-0.2, -0.15) is 0 Å². The van der Waals surface area contributed by atoms with Crippen molar-refractivity contribution in [2.45, 2.75) is 51.2 Å². The van der Waals surface area contributed by atoms with Gasteiger partial charge in [-0.05, 0) is 69.2 Å². The van der Waals surface area contributed by atoms with Crippen molar-refractivity contribution in [3.63, 3.8) is 0 Å². The van der Waals surface area contributed by atoms with Crippen LogP contribution in [-0.4, -0.2) is 43.8 Å². The summed E-state index contributed by atoms with van der Waals surface area (Å²) in [6, 6.07) is 18.8. The molecular weight excluding hydrogens is 545 g/mol. The average Bonchev–Trinajstić information content (AvgIpc) is 2.88. The van der Waals surface area contributed by atoms with Crippen molar-refractivity contribution in [1.29, 1.82) is 0 Å². The Labute approximate surface area is 234 Å². The van der Waals surface area contributed by atoms with Gasteiger partial charge in [0.05, 0.1) is 20.6 Å². The van der Waals surface area contributed by atoms with E-state index in [0.717, 1.165) is 4.31 Å². The molecule has 2 amide bonds. The first-order chi connectivity index (χ1) is 17.9. The van der Waals surface area contributed by atoms with Crippen LogP contribution in [0, 0.1) is 6.92 Å². The SMILES string of the molecule is Cc1ccccc1N(CC(=O)N(Cc1ccc(Cl)c(Cl)c1)[C@@H](C)C(=O)NC(C)C)S(=O)(=O)c1ccccc1. The van der Waals surface area contributed by atoms with Gasteiger partial charge in [-0.25, -0.2) is 8.42 Å². The molecule has 0 saturated heterocycles. The number of anilines is 1. The Bertz CT molecular complexity index is 1400. The summed E-state index contributed by atoms with van der Waals surface area (Å²) < 4.78 is 28.6. The van der Waals surface area contributed by atoms with E-state index < -0.39 is 28.5 Å². The highest BCUT2D eigenvalue weighted by Gasteiger charge is 2.33. The molecule has 0 aliphatic rings. The molecule has 0 fully saturated rings. The molecule has 0 bridgehead atoms. The van der Waals surface area contributed by atoms with Crippen molar-refractivity contribution in [1.82, 2.24) is 10.2 Å². The normalized spacial score (nSPS) is 12.2. The van der Waals surface area contributed by atoms with Crippen molar-refractivity contribution >= 4 is 50.7 Å². The van der Waals surface area contributed by atoms with Gasteiger partial charge in [0.1, 0.15) is 12.6 Å². The second-order valence-electron chi connectivity index (χ2n) is 9.22. The number of sulfonamides is 1. The third-order valence-corrected chi connectivity index (χ3v) is 8.44. The van der Waals surface area contributed by atoms with Crippen molar-refractivity contribution < 1.29 is 18.0 Å². The van der Waals surface area contributed by atoms with Crippen molar-refractivity contribution in [3.05, 3.63) is 94.0 Å². The molecule has 10 heteroatoms. The Morgan fingerprint density at radius 1 is 0.895 bits per heavy atom. The smallest absolute Gasteiger partial charge is 0.264 e. The number of nitrogens with zero attached hydrogens (tertiary/aromatic N) is 2. The average molecular weight is 577 g/mol. The third-order valence-electron chi connectivity index (χ3n) is 5.93. The molecule has 3 rings (SSSR count). The first-order valence-corrected chi connectivity index (χ1v) is 14.3. The zero-order chi connectivity index (χ0) is 28.0. The van der Waals surface area contributed by atoms with Gasteiger partial charge >= 0.3 is 0 Å². The second-order valence-corrected chi connectivity index (χ2v) is 11.9. The summed E-state index contributed by atoms with van der Waals surface area (Å²) in [5, 5.41) is 3.49. The number of benzene rings is 3. The predicted molar refractivity (Wildman–Crippen MR) is 152 cm³/mol. The van der Waals surface area contributed by atoms with Crippen molar-refractivity contribution in [2.24, 2.45) is 0 Å². The molecular formula is C28H31Cl2N3O4S. The fraction of sp³-hybridized carbons (Fsp3) is 0.286. The molecule has 3 aromatic rings. The molecule has 0 saturated carbocycles. The summed E-state index contributed by atoms with van der Waals surface area (Å²) in [6.45, 7) is 6.54. The van der Waals surface area contributed by atoms with E-state index in [2.05, 4.69) is 5.32 Å². The van der Waals surface area contributed by atoms with Gasteiger partial charge in [0, 0.05) is 12.6 Å². The molecule has 7 nitrogen and oxygen atoms in total. The molecule has 202 valence electrons. The van der Waals surface area contributed by atoms with Crippen LogP contribution in [0.1, 0.15) is 31.9 Å². The maximum Gasteiger partial charge on any atom is 0.264 e. The van der Waals surface area contributed by atoms with Crippen LogP contribution in [0.3, 0.4) is 0 Å².